The molecule has 1 aliphatic heterocycles. The van der Waals surface area contributed by atoms with Crippen LogP contribution in [-0.4, -0.2) is 17.3 Å². The van der Waals surface area contributed by atoms with Gasteiger partial charge in [-0.2, -0.15) is 0 Å². The fourth-order valence-corrected chi connectivity index (χ4v) is 1.95. The van der Waals surface area contributed by atoms with E-state index in [9.17, 15) is 0 Å². The molecule has 0 aliphatic carbocycles. The van der Waals surface area contributed by atoms with Gasteiger partial charge in [-0.3, -0.25) is 4.99 Å². The Balaban J connectivity index is 2.57. The molecule has 2 rings (SSSR count). The molecule has 0 unspecified atom stereocenters. The maximum atomic E-state index is 6.10. The molecule has 0 N–H and O–H groups in total. The molecule has 1 heterocycles. The second-order valence-electron chi connectivity index (χ2n) is 3.60. The summed E-state index contributed by atoms with van der Waals surface area (Å²) in [5.74, 6) is 0.629. The summed E-state index contributed by atoms with van der Waals surface area (Å²) < 4.78 is 5.74. The van der Waals surface area contributed by atoms with Crippen LogP contribution in [0.3, 0.4) is 0 Å². The maximum absolute atomic E-state index is 6.10. The quantitative estimate of drug-likeness (QED) is 0.684. The normalized spacial score (nSPS) is 24.9. The van der Waals surface area contributed by atoms with Crippen LogP contribution in [0.25, 0.3) is 0 Å². The standard InChI is InChI=1S/C11H11Cl2NO/c1-6-7(2)15-10-8(11(13)14-6)4-3-5-9(10)12/h3-7H,1-2H3/t6-,7-/m1/s1. The van der Waals surface area contributed by atoms with E-state index in [1.54, 1.807) is 6.07 Å². The summed E-state index contributed by atoms with van der Waals surface area (Å²) >= 11 is 12.1. The summed E-state index contributed by atoms with van der Waals surface area (Å²) in [6, 6.07) is 5.51. The number of para-hydroxylation sites is 1. The zero-order chi connectivity index (χ0) is 11.0. The second kappa shape index (κ2) is 4.03. The molecule has 1 aromatic rings. The topological polar surface area (TPSA) is 21.6 Å². The van der Waals surface area contributed by atoms with E-state index < -0.39 is 0 Å². The van der Waals surface area contributed by atoms with E-state index in [1.807, 2.05) is 26.0 Å². The van der Waals surface area contributed by atoms with Crippen LogP contribution in [0.15, 0.2) is 23.2 Å². The summed E-state index contributed by atoms with van der Waals surface area (Å²) in [6.45, 7) is 3.92. The van der Waals surface area contributed by atoms with Crippen LogP contribution >= 0.6 is 23.2 Å². The first kappa shape index (κ1) is 10.8. The van der Waals surface area contributed by atoms with Gasteiger partial charge in [-0.1, -0.05) is 29.3 Å². The van der Waals surface area contributed by atoms with Crippen molar-refractivity contribution in [2.45, 2.75) is 26.0 Å². The molecule has 0 radical (unpaired) electrons. The summed E-state index contributed by atoms with van der Waals surface area (Å²) in [6.07, 6.45) is -0.0279. The Labute approximate surface area is 98.9 Å². The molecule has 2 nitrogen and oxygen atoms in total. The monoisotopic (exact) mass is 243 g/mol. The Morgan fingerprint density at radius 1 is 1.27 bits per heavy atom. The number of rotatable bonds is 0. The Morgan fingerprint density at radius 3 is 2.73 bits per heavy atom. The molecule has 1 aromatic carbocycles. The summed E-state index contributed by atoms with van der Waals surface area (Å²) in [5, 5.41) is 1.03. The zero-order valence-electron chi connectivity index (χ0n) is 8.50. The van der Waals surface area contributed by atoms with E-state index >= 15 is 0 Å². The van der Waals surface area contributed by atoms with Gasteiger partial charge in [-0.05, 0) is 26.0 Å². The number of halogens is 2. The number of hydrogen-bond donors (Lipinski definition) is 0. The van der Waals surface area contributed by atoms with Crippen molar-refractivity contribution in [3.05, 3.63) is 28.8 Å². The van der Waals surface area contributed by atoms with Gasteiger partial charge in [0.05, 0.1) is 16.6 Å². The first-order valence-corrected chi connectivity index (χ1v) is 5.54. The van der Waals surface area contributed by atoms with Gasteiger partial charge in [-0.15, -0.1) is 0 Å². The second-order valence-corrected chi connectivity index (χ2v) is 4.37. The number of ether oxygens (including phenoxy) is 1. The SMILES string of the molecule is C[C@H]1N=C(Cl)c2cccc(Cl)c2O[C@@H]1C. The molecular weight excluding hydrogens is 233 g/mol. The molecule has 2 atom stereocenters. The van der Waals surface area contributed by atoms with E-state index in [2.05, 4.69) is 4.99 Å². The van der Waals surface area contributed by atoms with Crippen molar-refractivity contribution in [2.75, 3.05) is 0 Å². The Bertz CT molecular complexity index is 417. The minimum Gasteiger partial charge on any atom is -0.486 e. The Kier molecular flexibility index (Phi) is 2.89. The number of fused-ring (bicyclic) bond motifs is 1. The molecular formula is C11H11Cl2NO. The summed E-state index contributed by atoms with van der Waals surface area (Å²) in [4.78, 5) is 4.34. The van der Waals surface area contributed by atoms with Gasteiger partial charge in [0.15, 0.2) is 0 Å². The van der Waals surface area contributed by atoms with Crippen LogP contribution < -0.4 is 4.74 Å². The fraction of sp³-hybridized carbons (Fsp3) is 0.364. The molecule has 0 spiro atoms. The average molecular weight is 244 g/mol. The van der Waals surface area contributed by atoms with E-state index in [-0.39, 0.29) is 12.1 Å². The van der Waals surface area contributed by atoms with E-state index in [4.69, 9.17) is 27.9 Å². The van der Waals surface area contributed by atoms with Crippen LogP contribution in [-0.2, 0) is 0 Å². The third kappa shape index (κ3) is 1.97. The fourth-order valence-electron chi connectivity index (χ4n) is 1.43. The van der Waals surface area contributed by atoms with Crippen molar-refractivity contribution in [1.29, 1.82) is 0 Å². The maximum Gasteiger partial charge on any atom is 0.148 e. The largest absolute Gasteiger partial charge is 0.486 e. The van der Waals surface area contributed by atoms with E-state index in [0.717, 1.165) is 5.56 Å². The van der Waals surface area contributed by atoms with Gasteiger partial charge in [0, 0.05) is 0 Å². The molecule has 4 heteroatoms. The highest BCUT2D eigenvalue weighted by atomic mass is 35.5. The first-order chi connectivity index (χ1) is 7.09. The molecule has 0 saturated carbocycles. The lowest BCUT2D eigenvalue weighted by atomic mass is 10.2. The molecule has 0 saturated heterocycles. The molecule has 1 aliphatic rings. The van der Waals surface area contributed by atoms with Crippen molar-refractivity contribution < 1.29 is 4.74 Å². The lowest BCUT2D eigenvalue weighted by Gasteiger charge is -2.16. The van der Waals surface area contributed by atoms with Crippen molar-refractivity contribution in [2.24, 2.45) is 4.99 Å². The smallest absolute Gasteiger partial charge is 0.148 e. The minimum absolute atomic E-state index is 0.0279. The molecule has 0 bridgehead atoms. The highest BCUT2D eigenvalue weighted by molar-refractivity contribution is 6.70. The predicted molar refractivity (Wildman–Crippen MR) is 63.4 cm³/mol. The average Bonchev–Trinajstić information content (AvgIpc) is 2.29. The molecule has 15 heavy (non-hydrogen) atoms. The van der Waals surface area contributed by atoms with Gasteiger partial charge in [0.1, 0.15) is 17.0 Å². The lowest BCUT2D eigenvalue weighted by molar-refractivity contribution is 0.200. The molecule has 0 fully saturated rings. The summed E-state index contributed by atoms with van der Waals surface area (Å²) in [5.41, 5.74) is 0.764. The number of hydrogen-bond acceptors (Lipinski definition) is 2. The van der Waals surface area contributed by atoms with Crippen LogP contribution in [0.1, 0.15) is 19.4 Å². The third-order valence-electron chi connectivity index (χ3n) is 2.49. The summed E-state index contributed by atoms with van der Waals surface area (Å²) in [7, 11) is 0. The zero-order valence-corrected chi connectivity index (χ0v) is 10.0. The van der Waals surface area contributed by atoms with Crippen LogP contribution in [0.5, 0.6) is 5.75 Å². The van der Waals surface area contributed by atoms with Crippen LogP contribution in [0.4, 0.5) is 0 Å². The van der Waals surface area contributed by atoms with Gasteiger partial charge in [0.2, 0.25) is 0 Å². The minimum atomic E-state index is -0.0279. The van der Waals surface area contributed by atoms with Crippen LogP contribution in [0.2, 0.25) is 5.02 Å². The van der Waals surface area contributed by atoms with E-state index in [0.29, 0.717) is 15.9 Å². The van der Waals surface area contributed by atoms with Gasteiger partial charge >= 0.3 is 0 Å². The van der Waals surface area contributed by atoms with Crippen molar-refractivity contribution in [3.63, 3.8) is 0 Å². The number of benzene rings is 1. The van der Waals surface area contributed by atoms with Gasteiger partial charge in [0.25, 0.3) is 0 Å². The van der Waals surface area contributed by atoms with Crippen molar-refractivity contribution in [3.8, 4) is 5.75 Å². The molecule has 0 amide bonds. The highest BCUT2D eigenvalue weighted by Crippen LogP contribution is 2.33. The van der Waals surface area contributed by atoms with Gasteiger partial charge < -0.3 is 4.74 Å². The predicted octanol–water partition coefficient (Wildman–Crippen LogP) is 3.49. The lowest BCUT2D eigenvalue weighted by Crippen LogP contribution is -2.23. The first-order valence-electron chi connectivity index (χ1n) is 4.78. The molecule has 80 valence electrons. The van der Waals surface area contributed by atoms with Crippen LogP contribution in [0, 0.1) is 0 Å². The van der Waals surface area contributed by atoms with Crippen molar-refractivity contribution in [1.82, 2.24) is 0 Å². The molecule has 0 aromatic heterocycles. The van der Waals surface area contributed by atoms with Gasteiger partial charge in [-0.25, -0.2) is 0 Å². The number of aliphatic imine (C=N–C) groups is 1. The van der Waals surface area contributed by atoms with Crippen molar-refractivity contribution >= 4 is 28.4 Å². The Morgan fingerprint density at radius 2 is 2.00 bits per heavy atom. The van der Waals surface area contributed by atoms with E-state index in [1.165, 1.54) is 0 Å². The highest BCUT2D eigenvalue weighted by Gasteiger charge is 2.23. The number of nitrogens with zero attached hydrogens (tertiary/aromatic N) is 1. The third-order valence-corrected chi connectivity index (χ3v) is 3.09. The Hall–Kier alpha value is -0.730.